The van der Waals surface area contributed by atoms with Gasteiger partial charge in [-0.15, -0.1) is 0 Å². The minimum absolute atomic E-state index is 0.427. The Bertz CT molecular complexity index is 369. The first kappa shape index (κ1) is 14.3. The fraction of sp³-hybridized carbons (Fsp3) is 0.688. The molecule has 1 N–H and O–H groups in total. The number of piperidine rings is 1. The minimum Gasteiger partial charge on any atom is -0.387 e. The van der Waals surface area contributed by atoms with E-state index in [0.717, 1.165) is 31.1 Å². The van der Waals surface area contributed by atoms with Crippen molar-refractivity contribution < 1.29 is 5.11 Å². The number of aromatic nitrogens is 1. The summed E-state index contributed by atoms with van der Waals surface area (Å²) in [4.78, 5) is 6.81. The second-order valence-corrected chi connectivity index (χ2v) is 5.58. The van der Waals surface area contributed by atoms with Crippen LogP contribution < -0.4 is 4.90 Å². The molecule has 1 atom stereocenters. The molecule has 1 saturated heterocycles. The molecule has 1 unspecified atom stereocenters. The van der Waals surface area contributed by atoms with Crippen LogP contribution in [-0.2, 0) is 0 Å². The van der Waals surface area contributed by atoms with Crippen LogP contribution in [0.4, 0.5) is 5.69 Å². The Morgan fingerprint density at radius 1 is 1.32 bits per heavy atom. The molecule has 2 heterocycles. The highest BCUT2D eigenvalue weighted by Gasteiger charge is 2.19. The predicted octanol–water partition coefficient (Wildman–Crippen LogP) is 3.54. The van der Waals surface area contributed by atoms with Crippen molar-refractivity contribution in [1.29, 1.82) is 0 Å². The fourth-order valence-corrected chi connectivity index (χ4v) is 2.88. The van der Waals surface area contributed by atoms with E-state index in [1.807, 2.05) is 19.2 Å². The molecular formula is C16H26N2O. The van der Waals surface area contributed by atoms with Gasteiger partial charge in [-0.3, -0.25) is 4.98 Å². The Hall–Kier alpha value is -1.09. The van der Waals surface area contributed by atoms with Crippen LogP contribution >= 0.6 is 0 Å². The van der Waals surface area contributed by atoms with E-state index in [0.29, 0.717) is 0 Å². The molecule has 0 amide bonds. The summed E-state index contributed by atoms with van der Waals surface area (Å²) in [7, 11) is 0. The molecule has 0 saturated carbocycles. The Balaban J connectivity index is 1.92. The monoisotopic (exact) mass is 262 g/mol. The number of pyridine rings is 1. The van der Waals surface area contributed by atoms with Crippen molar-refractivity contribution in [3.8, 4) is 0 Å². The van der Waals surface area contributed by atoms with Crippen molar-refractivity contribution >= 4 is 5.69 Å². The maximum atomic E-state index is 9.75. The first-order chi connectivity index (χ1) is 9.24. The predicted molar refractivity (Wildman–Crippen MR) is 79.3 cm³/mol. The number of anilines is 1. The van der Waals surface area contributed by atoms with Gasteiger partial charge in [0.15, 0.2) is 0 Å². The number of hydrogen-bond acceptors (Lipinski definition) is 3. The van der Waals surface area contributed by atoms with Crippen LogP contribution in [0.5, 0.6) is 0 Å². The molecule has 0 bridgehead atoms. The molecule has 0 spiro atoms. The molecule has 2 rings (SSSR count). The van der Waals surface area contributed by atoms with Crippen LogP contribution in [0.25, 0.3) is 0 Å². The average Bonchev–Trinajstić information content (AvgIpc) is 2.48. The van der Waals surface area contributed by atoms with E-state index in [1.165, 1.54) is 31.4 Å². The third kappa shape index (κ3) is 3.69. The molecule has 19 heavy (non-hydrogen) atoms. The summed E-state index contributed by atoms with van der Waals surface area (Å²) < 4.78 is 0. The highest BCUT2D eigenvalue weighted by molar-refractivity contribution is 5.45. The van der Waals surface area contributed by atoms with Gasteiger partial charge in [0.05, 0.1) is 23.7 Å². The lowest BCUT2D eigenvalue weighted by molar-refractivity contribution is 0.169. The molecule has 106 valence electrons. The fourth-order valence-electron chi connectivity index (χ4n) is 2.88. The van der Waals surface area contributed by atoms with Crippen molar-refractivity contribution in [2.45, 2.75) is 52.1 Å². The van der Waals surface area contributed by atoms with E-state index in [2.05, 4.69) is 22.9 Å². The zero-order chi connectivity index (χ0) is 13.7. The van der Waals surface area contributed by atoms with Gasteiger partial charge in [-0.2, -0.15) is 0 Å². The first-order valence-electron chi connectivity index (χ1n) is 7.63. The molecule has 0 aromatic carbocycles. The molecule has 1 aromatic rings. The van der Waals surface area contributed by atoms with Gasteiger partial charge in [0.2, 0.25) is 0 Å². The van der Waals surface area contributed by atoms with Gasteiger partial charge in [-0.25, -0.2) is 0 Å². The maximum Gasteiger partial charge on any atom is 0.0957 e. The van der Waals surface area contributed by atoms with Gasteiger partial charge >= 0.3 is 0 Å². The van der Waals surface area contributed by atoms with E-state index in [4.69, 9.17) is 0 Å². The Kier molecular flexibility index (Phi) is 5.20. The number of hydrogen-bond donors (Lipinski definition) is 1. The van der Waals surface area contributed by atoms with Crippen molar-refractivity contribution in [2.75, 3.05) is 18.0 Å². The van der Waals surface area contributed by atoms with Crippen LogP contribution in [-0.4, -0.2) is 23.2 Å². The summed E-state index contributed by atoms with van der Waals surface area (Å²) in [6, 6.07) is 4.06. The van der Waals surface area contributed by atoms with E-state index >= 15 is 0 Å². The molecule has 1 fully saturated rings. The number of rotatable bonds is 5. The smallest absolute Gasteiger partial charge is 0.0957 e. The summed E-state index contributed by atoms with van der Waals surface area (Å²) in [6.45, 7) is 6.52. The number of nitrogens with zero attached hydrogens (tertiary/aromatic N) is 2. The largest absolute Gasteiger partial charge is 0.387 e. The summed E-state index contributed by atoms with van der Waals surface area (Å²) in [6.07, 6.45) is 7.47. The minimum atomic E-state index is -0.427. The van der Waals surface area contributed by atoms with Crippen molar-refractivity contribution in [3.63, 3.8) is 0 Å². The molecular weight excluding hydrogens is 236 g/mol. The summed E-state index contributed by atoms with van der Waals surface area (Å²) in [5, 5.41) is 9.75. The SMILES string of the molecule is CCCC1CCN(c2ccc(C(O)CC)nc2)CC1. The van der Waals surface area contributed by atoms with Crippen LogP contribution in [0.15, 0.2) is 18.3 Å². The lowest BCUT2D eigenvalue weighted by atomic mass is 9.92. The second-order valence-electron chi connectivity index (χ2n) is 5.58. The van der Waals surface area contributed by atoms with Gasteiger partial charge in [0.1, 0.15) is 0 Å². The number of aliphatic hydroxyl groups excluding tert-OH is 1. The van der Waals surface area contributed by atoms with Gasteiger partial charge in [0, 0.05) is 13.1 Å². The lowest BCUT2D eigenvalue weighted by Gasteiger charge is -2.33. The Labute approximate surface area is 116 Å². The zero-order valence-corrected chi connectivity index (χ0v) is 12.2. The van der Waals surface area contributed by atoms with Crippen molar-refractivity contribution in [1.82, 2.24) is 4.98 Å². The Morgan fingerprint density at radius 2 is 2.05 bits per heavy atom. The molecule has 1 aliphatic heterocycles. The van der Waals surface area contributed by atoms with Gasteiger partial charge in [0.25, 0.3) is 0 Å². The second kappa shape index (κ2) is 6.90. The van der Waals surface area contributed by atoms with E-state index in [9.17, 15) is 5.11 Å². The van der Waals surface area contributed by atoms with Crippen LogP contribution in [0.3, 0.4) is 0 Å². The van der Waals surface area contributed by atoms with E-state index in [1.54, 1.807) is 0 Å². The third-order valence-electron chi connectivity index (χ3n) is 4.18. The number of aliphatic hydroxyl groups is 1. The standard InChI is InChI=1S/C16H26N2O/c1-3-5-13-8-10-18(11-9-13)14-6-7-15(17-12-14)16(19)4-2/h6-7,12-13,16,19H,3-5,8-11H2,1-2H3. The topological polar surface area (TPSA) is 36.4 Å². The Morgan fingerprint density at radius 3 is 2.58 bits per heavy atom. The van der Waals surface area contributed by atoms with Crippen LogP contribution in [0.2, 0.25) is 0 Å². The summed E-state index contributed by atoms with van der Waals surface area (Å²) >= 11 is 0. The van der Waals surface area contributed by atoms with E-state index in [-0.39, 0.29) is 0 Å². The molecule has 1 aromatic heterocycles. The van der Waals surface area contributed by atoms with Crippen molar-refractivity contribution in [2.24, 2.45) is 5.92 Å². The normalized spacial score (nSPS) is 18.6. The maximum absolute atomic E-state index is 9.75. The molecule has 1 aliphatic rings. The van der Waals surface area contributed by atoms with Crippen LogP contribution in [0, 0.1) is 5.92 Å². The molecule has 0 aliphatic carbocycles. The van der Waals surface area contributed by atoms with Crippen LogP contribution in [0.1, 0.15) is 57.7 Å². The van der Waals surface area contributed by atoms with Gasteiger partial charge < -0.3 is 10.0 Å². The van der Waals surface area contributed by atoms with E-state index < -0.39 is 6.10 Å². The first-order valence-corrected chi connectivity index (χ1v) is 7.63. The highest BCUT2D eigenvalue weighted by Crippen LogP contribution is 2.26. The third-order valence-corrected chi connectivity index (χ3v) is 4.18. The summed E-state index contributed by atoms with van der Waals surface area (Å²) in [5.41, 5.74) is 1.98. The van der Waals surface area contributed by atoms with Crippen molar-refractivity contribution in [3.05, 3.63) is 24.0 Å². The van der Waals surface area contributed by atoms with Gasteiger partial charge in [-0.05, 0) is 37.3 Å². The zero-order valence-electron chi connectivity index (χ0n) is 12.2. The van der Waals surface area contributed by atoms with Gasteiger partial charge in [-0.1, -0.05) is 26.7 Å². The highest BCUT2D eigenvalue weighted by atomic mass is 16.3. The molecule has 3 nitrogen and oxygen atoms in total. The summed E-state index contributed by atoms with van der Waals surface area (Å²) in [5.74, 6) is 0.912. The molecule has 3 heteroatoms. The lowest BCUT2D eigenvalue weighted by Crippen LogP contribution is -2.33. The quantitative estimate of drug-likeness (QED) is 0.881. The molecule has 0 radical (unpaired) electrons. The average molecular weight is 262 g/mol.